The van der Waals surface area contributed by atoms with Gasteiger partial charge in [-0.2, -0.15) is 0 Å². The Balaban J connectivity index is 3.35. The zero-order chi connectivity index (χ0) is 13.9. The fraction of sp³-hybridized carbons (Fsp3) is 0.462. The van der Waals surface area contributed by atoms with Crippen LogP contribution in [0, 0.1) is 5.82 Å². The number of likely N-dealkylation sites (N-methyl/N-ethyl adjacent to an activating group) is 1. The lowest BCUT2D eigenvalue weighted by atomic mass is 9.90. The highest BCUT2D eigenvalue weighted by Crippen LogP contribution is 2.31. The molecule has 0 spiro atoms. The molecule has 0 unspecified atom stereocenters. The lowest BCUT2D eigenvalue weighted by Crippen LogP contribution is -2.49. The summed E-state index contributed by atoms with van der Waals surface area (Å²) >= 11 is 3.09. The van der Waals surface area contributed by atoms with E-state index in [1.807, 2.05) is 18.7 Å². The van der Waals surface area contributed by atoms with Crippen molar-refractivity contribution in [1.82, 2.24) is 4.90 Å². The van der Waals surface area contributed by atoms with Crippen LogP contribution in [0.4, 0.5) is 4.39 Å². The first-order chi connectivity index (χ1) is 8.37. The van der Waals surface area contributed by atoms with E-state index in [0.29, 0.717) is 18.7 Å². The summed E-state index contributed by atoms with van der Waals surface area (Å²) in [4.78, 5) is 13.5. The summed E-state index contributed by atoms with van der Waals surface area (Å²) in [7, 11) is 0. The lowest BCUT2D eigenvalue weighted by Gasteiger charge is -2.37. The highest BCUT2D eigenvalue weighted by atomic mass is 79.9. The van der Waals surface area contributed by atoms with Gasteiger partial charge in [0.15, 0.2) is 0 Å². The molecule has 0 saturated carbocycles. The van der Waals surface area contributed by atoms with Crippen molar-refractivity contribution >= 4 is 21.9 Å². The van der Waals surface area contributed by atoms with Gasteiger partial charge in [0, 0.05) is 0 Å². The SMILES string of the molecule is CCN(CC)[C@](C)(C(=O)O)c1ccc(F)c(Br)c1. The summed E-state index contributed by atoms with van der Waals surface area (Å²) in [6, 6.07) is 4.33. The van der Waals surface area contributed by atoms with E-state index in [9.17, 15) is 14.3 Å². The number of nitrogens with zero attached hydrogens (tertiary/aromatic N) is 1. The molecular weight excluding hydrogens is 301 g/mol. The van der Waals surface area contributed by atoms with E-state index in [0.717, 1.165) is 0 Å². The third-order valence-corrected chi connectivity index (χ3v) is 3.90. The number of hydrogen-bond donors (Lipinski definition) is 1. The molecule has 0 aliphatic carbocycles. The zero-order valence-electron chi connectivity index (χ0n) is 10.7. The van der Waals surface area contributed by atoms with Crippen molar-refractivity contribution in [3.05, 3.63) is 34.1 Å². The molecule has 0 amide bonds. The Labute approximate surface area is 115 Å². The van der Waals surface area contributed by atoms with E-state index in [2.05, 4.69) is 15.9 Å². The summed E-state index contributed by atoms with van der Waals surface area (Å²) in [6.45, 7) is 6.66. The Morgan fingerprint density at radius 3 is 2.39 bits per heavy atom. The van der Waals surface area contributed by atoms with Crippen LogP contribution in [0.2, 0.25) is 0 Å². The standard InChI is InChI=1S/C13H17BrFNO2/c1-4-16(5-2)13(3,12(17)18)9-6-7-11(15)10(14)8-9/h6-8H,4-5H2,1-3H3,(H,17,18)/t13-/m0/s1. The van der Waals surface area contributed by atoms with Crippen LogP contribution in [-0.4, -0.2) is 29.1 Å². The number of carbonyl (C=O) groups is 1. The predicted octanol–water partition coefficient (Wildman–Crippen LogP) is 3.23. The molecule has 0 fully saturated rings. The molecule has 5 heteroatoms. The molecule has 3 nitrogen and oxygen atoms in total. The first-order valence-corrected chi connectivity index (χ1v) is 6.61. The summed E-state index contributed by atoms with van der Waals surface area (Å²) < 4.78 is 13.5. The van der Waals surface area contributed by atoms with Crippen LogP contribution in [0.5, 0.6) is 0 Å². The molecule has 18 heavy (non-hydrogen) atoms. The van der Waals surface area contributed by atoms with Gasteiger partial charge in [-0.15, -0.1) is 0 Å². The fourth-order valence-corrected chi connectivity index (χ4v) is 2.48. The minimum Gasteiger partial charge on any atom is -0.480 e. The van der Waals surface area contributed by atoms with Gasteiger partial charge in [0.2, 0.25) is 0 Å². The number of carboxylic acid groups (broad SMARTS) is 1. The van der Waals surface area contributed by atoms with Crippen molar-refractivity contribution in [2.75, 3.05) is 13.1 Å². The average Bonchev–Trinajstić information content (AvgIpc) is 2.33. The van der Waals surface area contributed by atoms with Crippen molar-refractivity contribution < 1.29 is 14.3 Å². The van der Waals surface area contributed by atoms with Crippen LogP contribution in [0.3, 0.4) is 0 Å². The molecule has 0 aromatic heterocycles. The average molecular weight is 318 g/mol. The van der Waals surface area contributed by atoms with Crippen molar-refractivity contribution in [3.63, 3.8) is 0 Å². The monoisotopic (exact) mass is 317 g/mol. The largest absolute Gasteiger partial charge is 0.480 e. The van der Waals surface area contributed by atoms with Crippen molar-refractivity contribution in [2.24, 2.45) is 0 Å². The van der Waals surface area contributed by atoms with E-state index < -0.39 is 17.3 Å². The van der Waals surface area contributed by atoms with Gasteiger partial charge < -0.3 is 5.11 Å². The number of hydrogen-bond acceptors (Lipinski definition) is 2. The molecular formula is C13H17BrFNO2. The van der Waals surface area contributed by atoms with Gasteiger partial charge >= 0.3 is 5.97 Å². The second-order valence-corrected chi connectivity index (χ2v) is 5.03. The summed E-state index contributed by atoms with van der Waals surface area (Å²) in [5.41, 5.74) is -0.591. The van der Waals surface area contributed by atoms with Gasteiger partial charge in [-0.25, -0.2) is 9.18 Å². The zero-order valence-corrected chi connectivity index (χ0v) is 12.3. The summed E-state index contributed by atoms with van der Waals surface area (Å²) in [5.74, 6) is -1.34. The van der Waals surface area contributed by atoms with E-state index >= 15 is 0 Å². The van der Waals surface area contributed by atoms with E-state index in [4.69, 9.17) is 0 Å². The minimum absolute atomic E-state index is 0.277. The second kappa shape index (κ2) is 5.80. The maximum atomic E-state index is 13.2. The maximum absolute atomic E-state index is 13.2. The molecule has 0 saturated heterocycles. The van der Waals surface area contributed by atoms with Crippen LogP contribution in [0.15, 0.2) is 22.7 Å². The number of carboxylic acids is 1. The van der Waals surface area contributed by atoms with Gasteiger partial charge in [0.05, 0.1) is 4.47 Å². The molecule has 0 aliphatic rings. The maximum Gasteiger partial charge on any atom is 0.328 e. The van der Waals surface area contributed by atoms with Crippen LogP contribution in [0.1, 0.15) is 26.3 Å². The van der Waals surface area contributed by atoms with Crippen molar-refractivity contribution in [2.45, 2.75) is 26.3 Å². The molecule has 0 heterocycles. The number of halogens is 2. The smallest absolute Gasteiger partial charge is 0.328 e. The highest BCUT2D eigenvalue weighted by Gasteiger charge is 2.40. The quantitative estimate of drug-likeness (QED) is 0.906. The molecule has 1 atom stereocenters. The van der Waals surface area contributed by atoms with Crippen LogP contribution in [0.25, 0.3) is 0 Å². The van der Waals surface area contributed by atoms with E-state index in [1.165, 1.54) is 18.2 Å². The van der Waals surface area contributed by atoms with E-state index in [-0.39, 0.29) is 4.47 Å². The second-order valence-electron chi connectivity index (χ2n) is 4.18. The molecule has 0 aliphatic heterocycles. The van der Waals surface area contributed by atoms with Gasteiger partial charge in [-0.1, -0.05) is 19.9 Å². The molecule has 0 radical (unpaired) electrons. The molecule has 100 valence electrons. The molecule has 1 aromatic carbocycles. The van der Waals surface area contributed by atoms with Gasteiger partial charge in [-0.05, 0) is 53.6 Å². The van der Waals surface area contributed by atoms with Crippen LogP contribution in [-0.2, 0) is 10.3 Å². The van der Waals surface area contributed by atoms with Crippen LogP contribution >= 0.6 is 15.9 Å². The normalized spacial score (nSPS) is 14.6. The summed E-state index contributed by atoms with van der Waals surface area (Å²) in [6.07, 6.45) is 0. The lowest BCUT2D eigenvalue weighted by molar-refractivity contribution is -0.151. The topological polar surface area (TPSA) is 40.5 Å². The van der Waals surface area contributed by atoms with Gasteiger partial charge in [-0.3, -0.25) is 4.90 Å². The molecule has 1 rings (SSSR count). The van der Waals surface area contributed by atoms with E-state index in [1.54, 1.807) is 6.92 Å². The third-order valence-electron chi connectivity index (χ3n) is 3.29. The number of rotatable bonds is 5. The third kappa shape index (κ3) is 2.57. The number of aliphatic carboxylic acids is 1. The number of benzene rings is 1. The first kappa shape index (κ1) is 15.1. The molecule has 1 N–H and O–H groups in total. The Bertz CT molecular complexity index is 449. The fourth-order valence-electron chi connectivity index (χ4n) is 2.10. The van der Waals surface area contributed by atoms with Crippen molar-refractivity contribution in [1.29, 1.82) is 0 Å². The highest BCUT2D eigenvalue weighted by molar-refractivity contribution is 9.10. The molecule has 0 bridgehead atoms. The van der Waals surface area contributed by atoms with Gasteiger partial charge in [0.25, 0.3) is 0 Å². The summed E-state index contributed by atoms with van der Waals surface area (Å²) in [5, 5.41) is 9.53. The Hall–Kier alpha value is -0.940. The Kier molecular flexibility index (Phi) is 4.87. The Morgan fingerprint density at radius 1 is 1.44 bits per heavy atom. The van der Waals surface area contributed by atoms with Gasteiger partial charge in [0.1, 0.15) is 11.4 Å². The van der Waals surface area contributed by atoms with Crippen LogP contribution < -0.4 is 0 Å². The Morgan fingerprint density at radius 2 is 2.00 bits per heavy atom. The van der Waals surface area contributed by atoms with Crippen molar-refractivity contribution in [3.8, 4) is 0 Å². The first-order valence-electron chi connectivity index (χ1n) is 5.81. The minimum atomic E-state index is -1.15. The molecule has 1 aromatic rings. The predicted molar refractivity (Wildman–Crippen MR) is 72.0 cm³/mol.